The van der Waals surface area contributed by atoms with Crippen LogP contribution in [0.15, 0.2) is 0 Å². The van der Waals surface area contributed by atoms with Crippen LogP contribution >= 0.6 is 15.6 Å². The maximum absolute atomic E-state index is 13.0. The molecule has 534 valence electrons. The minimum atomic E-state index is -4.95. The molecule has 17 nitrogen and oxygen atoms in total. The highest BCUT2D eigenvalue weighted by Gasteiger charge is 2.30. The van der Waals surface area contributed by atoms with Gasteiger partial charge in [-0.05, 0) is 37.5 Å². The molecule has 0 aromatic rings. The number of carbonyl (C=O) groups is 4. The maximum atomic E-state index is 13.0. The number of esters is 4. The predicted molar refractivity (Wildman–Crippen MR) is 363 cm³/mol. The van der Waals surface area contributed by atoms with E-state index in [9.17, 15) is 43.2 Å². The fourth-order valence-corrected chi connectivity index (χ4v) is 12.3. The van der Waals surface area contributed by atoms with Crippen LogP contribution in [0.25, 0.3) is 0 Å². The summed E-state index contributed by atoms with van der Waals surface area (Å²) in [5.41, 5.74) is 0. The van der Waals surface area contributed by atoms with Gasteiger partial charge in [-0.2, -0.15) is 0 Å². The van der Waals surface area contributed by atoms with Gasteiger partial charge in [-0.15, -0.1) is 0 Å². The molecule has 0 bridgehead atoms. The summed E-state index contributed by atoms with van der Waals surface area (Å²) in [5, 5.41) is 10.6. The molecule has 3 N–H and O–H groups in total. The van der Waals surface area contributed by atoms with Gasteiger partial charge in [0.05, 0.1) is 26.4 Å². The van der Waals surface area contributed by atoms with Gasteiger partial charge in [-0.3, -0.25) is 37.3 Å². The first-order chi connectivity index (χ1) is 43.4. The van der Waals surface area contributed by atoms with Gasteiger partial charge in [0, 0.05) is 25.7 Å². The number of aliphatic hydroxyl groups excluding tert-OH is 1. The average molecular weight is 1330 g/mol. The monoisotopic (exact) mass is 1320 g/mol. The molecule has 0 amide bonds. The molecule has 0 rings (SSSR count). The van der Waals surface area contributed by atoms with E-state index in [0.717, 1.165) is 96.3 Å². The first-order valence-electron chi connectivity index (χ1n) is 37.0. The van der Waals surface area contributed by atoms with E-state index in [1.165, 1.54) is 173 Å². The Morgan fingerprint density at radius 2 is 0.511 bits per heavy atom. The molecular formula is C71H138O17P2. The minimum Gasteiger partial charge on any atom is -0.462 e. The van der Waals surface area contributed by atoms with Gasteiger partial charge in [-0.1, -0.05) is 311 Å². The summed E-state index contributed by atoms with van der Waals surface area (Å²) >= 11 is 0. The molecule has 0 aromatic carbocycles. The number of hydrogen-bond donors (Lipinski definition) is 3. The van der Waals surface area contributed by atoms with E-state index >= 15 is 0 Å². The minimum absolute atomic E-state index is 0.101. The number of ether oxygens (including phenoxy) is 4. The molecule has 2 unspecified atom stereocenters. The van der Waals surface area contributed by atoms with Crippen molar-refractivity contribution in [2.75, 3.05) is 39.6 Å². The number of hydrogen-bond acceptors (Lipinski definition) is 15. The van der Waals surface area contributed by atoms with Crippen molar-refractivity contribution in [3.8, 4) is 0 Å². The topological polar surface area (TPSA) is 237 Å². The maximum Gasteiger partial charge on any atom is 0.472 e. The lowest BCUT2D eigenvalue weighted by molar-refractivity contribution is -0.161. The zero-order valence-corrected chi connectivity index (χ0v) is 60.2. The lowest BCUT2D eigenvalue weighted by Crippen LogP contribution is -2.30. The van der Waals surface area contributed by atoms with Crippen LogP contribution in [0.1, 0.15) is 363 Å². The predicted octanol–water partition coefficient (Wildman–Crippen LogP) is 20.4. The van der Waals surface area contributed by atoms with Gasteiger partial charge in [0.2, 0.25) is 0 Å². The van der Waals surface area contributed by atoms with E-state index in [0.29, 0.717) is 37.5 Å². The highest BCUT2D eigenvalue weighted by molar-refractivity contribution is 7.47. The summed E-state index contributed by atoms with van der Waals surface area (Å²) in [6.07, 6.45) is 49.0. The zero-order chi connectivity index (χ0) is 66.5. The summed E-state index contributed by atoms with van der Waals surface area (Å²) in [4.78, 5) is 72.5. The summed E-state index contributed by atoms with van der Waals surface area (Å²) in [7, 11) is -9.90. The summed E-state index contributed by atoms with van der Waals surface area (Å²) in [5.74, 6) is -0.780. The number of unbranched alkanes of at least 4 members (excludes halogenated alkanes) is 40. The SMILES string of the molecule is CCCCCCCCCCCCCCCCCCCCCC(=O)O[C@H](COC(=O)CCCCCCCCCCCCCCC)COP(=O)(O)OC[C@@H](O)COP(=O)(O)OC[C@@H](COC(=O)CCCCCCCCC(C)C)OC(=O)CCCCCCCCC(C)C. The van der Waals surface area contributed by atoms with E-state index in [1.54, 1.807) is 0 Å². The van der Waals surface area contributed by atoms with E-state index < -0.39 is 97.5 Å². The smallest absolute Gasteiger partial charge is 0.462 e. The molecule has 0 aromatic heterocycles. The van der Waals surface area contributed by atoms with Crippen LogP contribution in [0.2, 0.25) is 0 Å². The summed E-state index contributed by atoms with van der Waals surface area (Å²) < 4.78 is 68.2. The van der Waals surface area contributed by atoms with Crippen LogP contribution in [-0.2, 0) is 65.4 Å². The standard InChI is InChI=1S/C71H138O17P2/c1-7-9-11-13-15-17-19-21-22-23-24-25-26-28-30-32-34-43-49-55-70(75)87-66(59-81-68(73)53-47-41-33-31-29-27-20-18-16-14-12-10-8-2)61-85-89(77,78)83-57-65(72)58-84-90(79,80)86-62-67(88-71(76)56-50-44-38-36-40-46-52-64(5)6)60-82-69(74)54-48-42-37-35-39-45-51-63(3)4/h63-67,72H,7-62H2,1-6H3,(H,77,78)(H,79,80)/t65-,66-,67-/m1/s1. The van der Waals surface area contributed by atoms with Crippen molar-refractivity contribution in [3.05, 3.63) is 0 Å². The van der Waals surface area contributed by atoms with E-state index in [2.05, 4.69) is 41.5 Å². The summed E-state index contributed by atoms with van der Waals surface area (Å²) in [6.45, 7) is 9.38. The van der Waals surface area contributed by atoms with Crippen LogP contribution < -0.4 is 0 Å². The first-order valence-corrected chi connectivity index (χ1v) is 40.0. The first kappa shape index (κ1) is 88.1. The molecule has 0 spiro atoms. The second-order valence-electron chi connectivity index (χ2n) is 26.6. The van der Waals surface area contributed by atoms with Crippen LogP contribution in [-0.4, -0.2) is 96.7 Å². The van der Waals surface area contributed by atoms with Gasteiger partial charge >= 0.3 is 39.5 Å². The summed E-state index contributed by atoms with van der Waals surface area (Å²) in [6, 6.07) is 0. The Morgan fingerprint density at radius 1 is 0.300 bits per heavy atom. The van der Waals surface area contributed by atoms with Crippen LogP contribution in [0.4, 0.5) is 0 Å². The van der Waals surface area contributed by atoms with Crippen molar-refractivity contribution in [2.24, 2.45) is 11.8 Å². The molecule has 0 aliphatic rings. The lowest BCUT2D eigenvalue weighted by atomic mass is 10.0. The molecule has 0 aliphatic heterocycles. The molecule has 0 radical (unpaired) electrons. The van der Waals surface area contributed by atoms with E-state index in [1.807, 2.05) is 0 Å². The molecule has 19 heteroatoms. The molecule has 0 fully saturated rings. The highest BCUT2D eigenvalue weighted by atomic mass is 31.2. The molecule has 0 aliphatic carbocycles. The molecule has 90 heavy (non-hydrogen) atoms. The van der Waals surface area contributed by atoms with Gasteiger partial charge in [0.15, 0.2) is 12.2 Å². The van der Waals surface area contributed by atoms with Gasteiger partial charge in [0.25, 0.3) is 0 Å². The van der Waals surface area contributed by atoms with E-state index in [4.69, 9.17) is 37.0 Å². The molecular weight excluding hydrogens is 1190 g/mol. The number of phosphoric ester groups is 2. The largest absolute Gasteiger partial charge is 0.472 e. The number of carbonyl (C=O) groups excluding carboxylic acids is 4. The third kappa shape index (κ3) is 64.8. The number of phosphoric acid groups is 2. The second kappa shape index (κ2) is 63.1. The van der Waals surface area contributed by atoms with Gasteiger partial charge in [-0.25, -0.2) is 9.13 Å². The quantitative estimate of drug-likeness (QED) is 0.0222. The van der Waals surface area contributed by atoms with Crippen LogP contribution in [0.3, 0.4) is 0 Å². The van der Waals surface area contributed by atoms with Crippen molar-refractivity contribution < 1.29 is 80.2 Å². The Balaban J connectivity index is 5.19. The number of aliphatic hydroxyl groups is 1. The van der Waals surface area contributed by atoms with Crippen LogP contribution in [0, 0.1) is 11.8 Å². The molecule has 0 heterocycles. The Hall–Kier alpha value is -1.94. The van der Waals surface area contributed by atoms with Crippen molar-refractivity contribution in [2.45, 2.75) is 381 Å². The van der Waals surface area contributed by atoms with Crippen LogP contribution in [0.5, 0.6) is 0 Å². The molecule has 0 saturated heterocycles. The zero-order valence-electron chi connectivity index (χ0n) is 58.4. The normalized spacial score (nSPS) is 14.1. The third-order valence-corrected chi connectivity index (χ3v) is 18.4. The second-order valence-corrected chi connectivity index (χ2v) is 29.5. The fourth-order valence-electron chi connectivity index (χ4n) is 10.8. The fraction of sp³-hybridized carbons (Fsp3) is 0.944. The number of rotatable bonds is 70. The highest BCUT2D eigenvalue weighted by Crippen LogP contribution is 2.45. The average Bonchev–Trinajstić information content (AvgIpc) is 3.72. The van der Waals surface area contributed by atoms with Crippen molar-refractivity contribution in [1.82, 2.24) is 0 Å². The van der Waals surface area contributed by atoms with Gasteiger partial charge < -0.3 is 33.8 Å². The van der Waals surface area contributed by atoms with Gasteiger partial charge in [0.1, 0.15) is 19.3 Å². The Labute approximate surface area is 549 Å². The van der Waals surface area contributed by atoms with Crippen molar-refractivity contribution >= 4 is 39.5 Å². The van der Waals surface area contributed by atoms with Crippen molar-refractivity contribution in [1.29, 1.82) is 0 Å². The molecule has 0 saturated carbocycles. The third-order valence-electron chi connectivity index (χ3n) is 16.5. The Bertz CT molecular complexity index is 1750. The molecule has 5 atom stereocenters. The van der Waals surface area contributed by atoms with Crippen molar-refractivity contribution in [3.63, 3.8) is 0 Å². The lowest BCUT2D eigenvalue weighted by Gasteiger charge is -2.21. The van der Waals surface area contributed by atoms with E-state index in [-0.39, 0.29) is 25.7 Å². The Kier molecular flexibility index (Phi) is 61.8. The Morgan fingerprint density at radius 3 is 0.756 bits per heavy atom.